The van der Waals surface area contributed by atoms with Crippen LogP contribution in [-0.4, -0.2) is 9.19 Å². The Morgan fingerprint density at radius 1 is 1.11 bits per heavy atom. The summed E-state index contributed by atoms with van der Waals surface area (Å²) in [5.74, 6) is 0.374. The van der Waals surface area contributed by atoms with Gasteiger partial charge in [0.15, 0.2) is 0 Å². The third kappa shape index (κ3) is 3.95. The van der Waals surface area contributed by atoms with Crippen molar-refractivity contribution < 1.29 is 4.21 Å². The Balaban J connectivity index is 0.00000162. The van der Waals surface area contributed by atoms with Crippen molar-refractivity contribution in [1.82, 2.24) is 4.98 Å². The number of aromatic nitrogens is 1. The number of hydrogen-bond acceptors (Lipinski definition) is 2. The molecule has 0 spiro atoms. The van der Waals surface area contributed by atoms with E-state index in [0.717, 1.165) is 5.69 Å². The molecule has 2 nitrogen and oxygen atoms in total. The summed E-state index contributed by atoms with van der Waals surface area (Å²) in [7, 11) is -1.16. The van der Waals surface area contributed by atoms with Gasteiger partial charge in [-0.15, -0.1) is 12.4 Å². The molecule has 2 aromatic rings. The molecule has 0 fully saturated rings. The average molecular weight is 323 g/mol. The second-order valence-electron chi connectivity index (χ2n) is 3.39. The molecule has 0 bridgehead atoms. The molecule has 0 amide bonds. The summed E-state index contributed by atoms with van der Waals surface area (Å²) in [5, 5.41) is 0.879. The highest BCUT2D eigenvalue weighted by molar-refractivity contribution is 7.84. The van der Waals surface area contributed by atoms with Gasteiger partial charge in [0.25, 0.3) is 0 Å². The molecule has 6 heteroatoms. The largest absolute Gasteiger partial charge is 0.260 e. The van der Waals surface area contributed by atoms with E-state index in [9.17, 15) is 4.21 Å². The number of nitrogens with zero attached hydrogens (tertiary/aromatic N) is 1. The zero-order valence-corrected chi connectivity index (χ0v) is 12.3. The molecule has 0 aliphatic rings. The summed E-state index contributed by atoms with van der Waals surface area (Å²) in [5.41, 5.74) is 0.789. The number of benzene rings is 1. The monoisotopic (exact) mass is 321 g/mol. The van der Waals surface area contributed by atoms with Gasteiger partial charge in [0.05, 0.1) is 32.3 Å². The van der Waals surface area contributed by atoms with Crippen LogP contribution in [0.2, 0.25) is 10.0 Å². The number of rotatable bonds is 3. The van der Waals surface area contributed by atoms with Crippen molar-refractivity contribution in [2.24, 2.45) is 0 Å². The third-order valence-electron chi connectivity index (χ3n) is 2.16. The second-order valence-corrected chi connectivity index (χ2v) is 5.65. The normalized spacial score (nSPS) is 11.7. The first-order chi connectivity index (χ1) is 8.16. The average Bonchev–Trinajstić information content (AvgIpc) is 2.34. The third-order valence-corrected chi connectivity index (χ3v) is 4.24. The molecule has 1 aromatic carbocycles. The fourth-order valence-electron chi connectivity index (χ4n) is 1.32. The molecule has 0 saturated carbocycles. The van der Waals surface area contributed by atoms with E-state index in [4.69, 9.17) is 23.2 Å². The molecule has 96 valence electrons. The maximum Gasteiger partial charge on any atom is 0.0705 e. The molecule has 18 heavy (non-hydrogen) atoms. The van der Waals surface area contributed by atoms with E-state index < -0.39 is 10.8 Å². The molecular weight excluding hydrogens is 313 g/mol. The fourth-order valence-corrected chi connectivity index (χ4v) is 2.76. The quantitative estimate of drug-likeness (QED) is 0.851. The van der Waals surface area contributed by atoms with Gasteiger partial charge in [-0.3, -0.25) is 9.19 Å². The van der Waals surface area contributed by atoms with Gasteiger partial charge in [-0.25, -0.2) is 0 Å². The van der Waals surface area contributed by atoms with Crippen LogP contribution in [-0.2, 0) is 16.6 Å². The van der Waals surface area contributed by atoms with Crippen LogP contribution in [0, 0.1) is 0 Å². The van der Waals surface area contributed by atoms with Crippen molar-refractivity contribution in [1.29, 1.82) is 0 Å². The van der Waals surface area contributed by atoms with Crippen molar-refractivity contribution in [3.8, 4) is 0 Å². The molecule has 0 saturated heterocycles. The fraction of sp³-hybridized carbons (Fsp3) is 0.0833. The standard InChI is InChI=1S/C12H9Cl2NOS.ClH/c13-11-5-4-10(7-12(11)14)17(16)8-9-3-1-2-6-15-9;/h1-7H,8H2;1H. The molecule has 0 aliphatic heterocycles. The van der Waals surface area contributed by atoms with Crippen molar-refractivity contribution in [3.63, 3.8) is 0 Å². The minimum atomic E-state index is -1.16. The van der Waals surface area contributed by atoms with Gasteiger partial charge >= 0.3 is 0 Å². The maximum atomic E-state index is 12.0. The lowest BCUT2D eigenvalue weighted by molar-refractivity contribution is 0.682. The summed E-state index contributed by atoms with van der Waals surface area (Å²) < 4.78 is 12.0. The van der Waals surface area contributed by atoms with Crippen LogP contribution in [0.4, 0.5) is 0 Å². The van der Waals surface area contributed by atoms with Crippen LogP contribution in [0.5, 0.6) is 0 Å². The van der Waals surface area contributed by atoms with E-state index in [-0.39, 0.29) is 12.4 Å². The Morgan fingerprint density at radius 3 is 2.50 bits per heavy atom. The predicted molar refractivity (Wildman–Crippen MR) is 78.1 cm³/mol. The Hall–Kier alpha value is -0.610. The van der Waals surface area contributed by atoms with Gasteiger partial charge in [-0.1, -0.05) is 29.3 Å². The van der Waals surface area contributed by atoms with Crippen LogP contribution in [0.25, 0.3) is 0 Å². The number of hydrogen-bond donors (Lipinski definition) is 0. The van der Waals surface area contributed by atoms with E-state index in [1.165, 1.54) is 0 Å². The molecule has 2 rings (SSSR count). The molecule has 0 N–H and O–H groups in total. The lowest BCUT2D eigenvalue weighted by Gasteiger charge is -2.03. The van der Waals surface area contributed by atoms with Crippen molar-refractivity contribution in [3.05, 3.63) is 58.3 Å². The van der Waals surface area contributed by atoms with Gasteiger partial charge in [0, 0.05) is 11.1 Å². The van der Waals surface area contributed by atoms with E-state index >= 15 is 0 Å². The molecule has 0 aliphatic carbocycles. The second kappa shape index (κ2) is 7.10. The summed E-state index contributed by atoms with van der Waals surface area (Å²) >= 11 is 11.7. The Morgan fingerprint density at radius 2 is 1.89 bits per heavy atom. The molecular formula is C12H10Cl3NOS. The lowest BCUT2D eigenvalue weighted by atomic mass is 10.4. The maximum absolute atomic E-state index is 12.0. The zero-order valence-electron chi connectivity index (χ0n) is 9.18. The molecule has 1 unspecified atom stereocenters. The highest BCUT2D eigenvalue weighted by Gasteiger charge is 2.08. The first-order valence-electron chi connectivity index (χ1n) is 4.90. The summed E-state index contributed by atoms with van der Waals surface area (Å²) in [6.07, 6.45) is 1.68. The Kier molecular flexibility index (Phi) is 6.09. The van der Waals surface area contributed by atoms with Crippen LogP contribution in [0.1, 0.15) is 5.69 Å². The van der Waals surface area contributed by atoms with E-state index in [0.29, 0.717) is 20.7 Å². The van der Waals surface area contributed by atoms with Gasteiger partial charge in [0.1, 0.15) is 0 Å². The van der Waals surface area contributed by atoms with E-state index in [1.807, 2.05) is 18.2 Å². The summed E-state index contributed by atoms with van der Waals surface area (Å²) in [6.45, 7) is 0. The van der Waals surface area contributed by atoms with Gasteiger partial charge in [-0.2, -0.15) is 0 Å². The minimum Gasteiger partial charge on any atom is -0.260 e. The molecule has 0 radical (unpaired) electrons. The summed E-state index contributed by atoms with van der Waals surface area (Å²) in [4.78, 5) is 4.79. The van der Waals surface area contributed by atoms with Gasteiger partial charge in [-0.05, 0) is 30.3 Å². The molecule has 1 heterocycles. The Labute approximate surface area is 124 Å². The molecule has 1 atom stereocenters. The van der Waals surface area contributed by atoms with Crippen molar-refractivity contribution >= 4 is 46.4 Å². The lowest BCUT2D eigenvalue weighted by Crippen LogP contribution is -1.98. The smallest absolute Gasteiger partial charge is 0.0705 e. The number of halogens is 3. The van der Waals surface area contributed by atoms with Crippen LogP contribution in [0.3, 0.4) is 0 Å². The summed E-state index contributed by atoms with van der Waals surface area (Å²) in [6, 6.07) is 10.5. The minimum absolute atomic E-state index is 0. The SMILES string of the molecule is Cl.O=S(Cc1ccccn1)c1ccc(Cl)c(Cl)c1. The van der Waals surface area contributed by atoms with Crippen molar-refractivity contribution in [2.75, 3.05) is 0 Å². The van der Waals surface area contributed by atoms with E-state index in [1.54, 1.807) is 24.4 Å². The Bertz CT molecular complexity index is 548. The van der Waals surface area contributed by atoms with E-state index in [2.05, 4.69) is 4.98 Å². The topological polar surface area (TPSA) is 30.0 Å². The van der Waals surface area contributed by atoms with Gasteiger partial charge in [0.2, 0.25) is 0 Å². The predicted octanol–water partition coefficient (Wildman–Crippen LogP) is 4.12. The zero-order chi connectivity index (χ0) is 12.3. The van der Waals surface area contributed by atoms with Gasteiger partial charge < -0.3 is 0 Å². The first-order valence-corrected chi connectivity index (χ1v) is 6.97. The number of pyridine rings is 1. The molecule has 1 aromatic heterocycles. The van der Waals surface area contributed by atoms with Crippen molar-refractivity contribution in [2.45, 2.75) is 10.6 Å². The highest BCUT2D eigenvalue weighted by atomic mass is 35.5. The highest BCUT2D eigenvalue weighted by Crippen LogP contribution is 2.24. The van der Waals surface area contributed by atoms with Crippen LogP contribution < -0.4 is 0 Å². The first kappa shape index (κ1) is 15.4. The van der Waals surface area contributed by atoms with Crippen LogP contribution in [0.15, 0.2) is 47.5 Å². The van der Waals surface area contributed by atoms with Crippen LogP contribution >= 0.6 is 35.6 Å².